The van der Waals surface area contributed by atoms with E-state index in [4.69, 9.17) is 15.2 Å². The van der Waals surface area contributed by atoms with Gasteiger partial charge in [0.1, 0.15) is 12.4 Å². The van der Waals surface area contributed by atoms with Crippen LogP contribution in [0.15, 0.2) is 60.2 Å². The van der Waals surface area contributed by atoms with Crippen LogP contribution >= 0.6 is 0 Å². The smallest absolute Gasteiger partial charge is 0.252 e. The van der Waals surface area contributed by atoms with E-state index >= 15 is 0 Å². The fourth-order valence-corrected chi connectivity index (χ4v) is 7.16. The zero-order valence-corrected chi connectivity index (χ0v) is 30.3. The minimum absolute atomic E-state index is 0.000136. The van der Waals surface area contributed by atoms with Gasteiger partial charge in [0, 0.05) is 43.6 Å². The van der Waals surface area contributed by atoms with Crippen LogP contribution < -0.4 is 20.5 Å². The Morgan fingerprint density at radius 1 is 0.887 bits per heavy atom. The van der Waals surface area contributed by atoms with Crippen LogP contribution in [-0.4, -0.2) is 78.5 Å². The van der Waals surface area contributed by atoms with Gasteiger partial charge in [-0.3, -0.25) is 14.4 Å². The van der Waals surface area contributed by atoms with Gasteiger partial charge >= 0.3 is 0 Å². The molecule has 2 atom stereocenters. The molecular formula is C41H47F3N4O5. The Labute approximate surface area is 308 Å². The molecule has 53 heavy (non-hydrogen) atoms. The van der Waals surface area contributed by atoms with Crippen molar-refractivity contribution in [2.75, 3.05) is 32.8 Å². The number of nitrogens with one attached hydrogen (secondary N) is 1. The number of piperazine rings is 1. The lowest BCUT2D eigenvalue weighted by molar-refractivity contribution is -0.134. The molecule has 12 heteroatoms. The summed E-state index contributed by atoms with van der Waals surface area (Å²) in [5, 5.41) is 3.63. The number of hydrogen-bond acceptors (Lipinski definition) is 6. The van der Waals surface area contributed by atoms with Gasteiger partial charge in [0.25, 0.3) is 5.91 Å². The lowest BCUT2D eigenvalue weighted by Crippen LogP contribution is -2.62. The molecule has 6 rings (SSSR count). The minimum atomic E-state index is -1.34. The normalized spacial score (nSPS) is 18.2. The molecule has 3 aromatic carbocycles. The van der Waals surface area contributed by atoms with Gasteiger partial charge in [-0.05, 0) is 104 Å². The number of nitrogens with zero attached hydrogens (tertiary/aromatic N) is 2. The number of nitrogens with two attached hydrogens (primary N) is 1. The van der Waals surface area contributed by atoms with Gasteiger partial charge in [-0.2, -0.15) is 4.39 Å². The molecule has 3 N–H and O–H groups in total. The van der Waals surface area contributed by atoms with Gasteiger partial charge in [-0.25, -0.2) is 8.78 Å². The van der Waals surface area contributed by atoms with E-state index in [0.29, 0.717) is 57.5 Å². The second-order valence-electron chi connectivity index (χ2n) is 14.3. The van der Waals surface area contributed by atoms with Crippen molar-refractivity contribution in [3.63, 3.8) is 0 Å². The maximum atomic E-state index is 14.7. The third kappa shape index (κ3) is 9.40. The highest BCUT2D eigenvalue weighted by Crippen LogP contribution is 2.37. The average molecular weight is 733 g/mol. The quantitative estimate of drug-likeness (QED) is 0.143. The Morgan fingerprint density at radius 2 is 1.64 bits per heavy atom. The third-order valence-corrected chi connectivity index (χ3v) is 10.3. The number of rotatable bonds is 16. The topological polar surface area (TPSA) is 114 Å². The number of carbonyl (C=O) groups is 3. The highest BCUT2D eigenvalue weighted by atomic mass is 19.2. The Kier molecular flexibility index (Phi) is 12.1. The first-order valence-electron chi connectivity index (χ1n) is 18.4. The summed E-state index contributed by atoms with van der Waals surface area (Å²) < 4.78 is 52.8. The predicted molar refractivity (Wildman–Crippen MR) is 195 cm³/mol. The van der Waals surface area contributed by atoms with E-state index in [1.165, 1.54) is 5.56 Å². The van der Waals surface area contributed by atoms with Crippen LogP contribution in [0.4, 0.5) is 13.2 Å². The van der Waals surface area contributed by atoms with Crippen molar-refractivity contribution >= 4 is 23.3 Å². The van der Waals surface area contributed by atoms with Crippen molar-refractivity contribution in [1.29, 1.82) is 0 Å². The SMILES string of the molecule is Cc1ccc(OCCN(C(=O)C2=C(c3ccc(CCCOc4c(F)ccc(F)c4F)cc3)CC3CN(C(=O)CCCC(N)=O)C[C@H]2N3)C2CC2)cc1C. The minimum Gasteiger partial charge on any atom is -0.492 e. The summed E-state index contributed by atoms with van der Waals surface area (Å²) in [6, 6.07) is 15.1. The van der Waals surface area contributed by atoms with E-state index in [2.05, 4.69) is 5.32 Å². The molecule has 3 aromatic rings. The number of halogens is 3. The Bertz CT molecular complexity index is 1860. The summed E-state index contributed by atoms with van der Waals surface area (Å²) in [6.07, 6.45) is 4.11. The number of ether oxygens (including phenoxy) is 2. The zero-order chi connectivity index (χ0) is 37.6. The second kappa shape index (κ2) is 16.9. The molecule has 0 aromatic heterocycles. The molecule has 1 aliphatic carbocycles. The molecule has 1 saturated heterocycles. The summed E-state index contributed by atoms with van der Waals surface area (Å²) in [5.41, 5.74) is 11.1. The highest BCUT2D eigenvalue weighted by Gasteiger charge is 2.43. The van der Waals surface area contributed by atoms with Gasteiger partial charge in [0.05, 0.1) is 19.2 Å². The van der Waals surface area contributed by atoms with Crippen molar-refractivity contribution in [3.8, 4) is 11.5 Å². The van der Waals surface area contributed by atoms with Crippen molar-refractivity contribution in [1.82, 2.24) is 15.1 Å². The summed E-state index contributed by atoms with van der Waals surface area (Å²) in [7, 11) is 0. The van der Waals surface area contributed by atoms with Crippen LogP contribution in [0.25, 0.3) is 5.57 Å². The van der Waals surface area contributed by atoms with E-state index in [-0.39, 0.29) is 49.4 Å². The number of fused-ring (bicyclic) bond motifs is 2. The van der Waals surface area contributed by atoms with Gasteiger partial charge in [-0.1, -0.05) is 30.3 Å². The van der Waals surface area contributed by atoms with Crippen LogP contribution in [0.3, 0.4) is 0 Å². The van der Waals surface area contributed by atoms with E-state index < -0.39 is 29.1 Å². The average Bonchev–Trinajstić information content (AvgIpc) is 3.98. The summed E-state index contributed by atoms with van der Waals surface area (Å²) in [4.78, 5) is 42.9. The Balaban J connectivity index is 1.19. The van der Waals surface area contributed by atoms with Crippen LogP contribution in [-0.2, 0) is 20.8 Å². The molecule has 3 aliphatic rings. The molecule has 2 heterocycles. The predicted octanol–water partition coefficient (Wildman–Crippen LogP) is 5.78. The second-order valence-corrected chi connectivity index (χ2v) is 14.3. The zero-order valence-electron chi connectivity index (χ0n) is 30.3. The van der Waals surface area contributed by atoms with Crippen molar-refractivity contribution < 1.29 is 37.0 Å². The number of hydrogen-bond donors (Lipinski definition) is 2. The first-order chi connectivity index (χ1) is 25.5. The summed E-state index contributed by atoms with van der Waals surface area (Å²) in [5.74, 6) is -3.99. The van der Waals surface area contributed by atoms with Crippen LogP contribution in [0.2, 0.25) is 0 Å². The molecule has 3 amide bonds. The van der Waals surface area contributed by atoms with E-state index in [9.17, 15) is 27.6 Å². The Hall–Kier alpha value is -4.84. The maximum Gasteiger partial charge on any atom is 0.252 e. The van der Waals surface area contributed by atoms with Gasteiger partial charge in [0.15, 0.2) is 17.4 Å². The van der Waals surface area contributed by atoms with Gasteiger partial charge in [0.2, 0.25) is 17.6 Å². The fraction of sp³-hybridized carbons (Fsp3) is 0.439. The third-order valence-electron chi connectivity index (χ3n) is 10.3. The van der Waals surface area contributed by atoms with Crippen LogP contribution in [0.5, 0.6) is 11.5 Å². The molecule has 282 valence electrons. The number of carbonyl (C=O) groups excluding carboxylic acids is 3. The van der Waals surface area contributed by atoms with Gasteiger partial charge < -0.3 is 30.3 Å². The van der Waals surface area contributed by atoms with Crippen molar-refractivity contribution in [2.24, 2.45) is 5.73 Å². The molecule has 2 fully saturated rings. The Morgan fingerprint density at radius 3 is 2.36 bits per heavy atom. The van der Waals surface area contributed by atoms with E-state index in [0.717, 1.165) is 53.0 Å². The van der Waals surface area contributed by atoms with Crippen molar-refractivity contribution in [2.45, 2.75) is 83.3 Å². The van der Waals surface area contributed by atoms with E-state index in [1.54, 1.807) is 4.90 Å². The molecule has 2 bridgehead atoms. The van der Waals surface area contributed by atoms with E-state index in [1.807, 2.05) is 61.2 Å². The molecule has 9 nitrogen and oxygen atoms in total. The highest BCUT2D eigenvalue weighted by molar-refractivity contribution is 6.03. The lowest BCUT2D eigenvalue weighted by Gasteiger charge is -2.45. The van der Waals surface area contributed by atoms with Crippen LogP contribution in [0, 0.1) is 31.3 Å². The fourth-order valence-electron chi connectivity index (χ4n) is 7.16. The molecule has 1 unspecified atom stereocenters. The largest absolute Gasteiger partial charge is 0.492 e. The molecule has 1 saturated carbocycles. The summed E-state index contributed by atoms with van der Waals surface area (Å²) >= 11 is 0. The number of primary amides is 1. The molecule has 0 radical (unpaired) electrons. The first-order valence-corrected chi connectivity index (χ1v) is 18.4. The number of amides is 3. The molecular weight excluding hydrogens is 685 g/mol. The summed E-state index contributed by atoms with van der Waals surface area (Å²) in [6.45, 7) is 5.67. The standard InChI is InChI=1S/C41H47F3N4O5/c1-25-8-15-31(21-26(25)2)52-20-18-48(30-13-14-30)41(51)38-32(22-29-23-47(24-35(38)46-29)37(50)7-3-6-36(45)49)28-11-9-27(10-12-28)5-4-19-53-40-34(43)17-16-33(42)39(40)44/h8-12,15-17,21,29-30,35,46H,3-7,13-14,18-20,22-24H2,1-2H3,(H2,45,49)/t29?,35-/m1/s1. The van der Waals surface area contributed by atoms with Crippen LogP contribution in [0.1, 0.15) is 67.2 Å². The maximum absolute atomic E-state index is 14.7. The molecule has 0 spiro atoms. The first kappa shape index (κ1) is 37.9. The van der Waals surface area contributed by atoms with Crippen molar-refractivity contribution in [3.05, 3.63) is 99.9 Å². The molecule has 2 aliphatic heterocycles. The monoisotopic (exact) mass is 732 g/mol. The number of benzene rings is 3. The van der Waals surface area contributed by atoms with Gasteiger partial charge in [-0.15, -0.1) is 0 Å². The lowest BCUT2D eigenvalue weighted by atomic mass is 9.82. The number of aryl methyl sites for hydroxylation is 3.